The summed E-state index contributed by atoms with van der Waals surface area (Å²) < 4.78 is 12.4. The summed E-state index contributed by atoms with van der Waals surface area (Å²) in [5.74, 6) is -0.0357. The van der Waals surface area contributed by atoms with E-state index in [1.54, 1.807) is 35.9 Å². The number of aromatic nitrogens is 1. The Morgan fingerprint density at radius 3 is 2.81 bits per heavy atom. The van der Waals surface area contributed by atoms with Crippen molar-refractivity contribution in [2.24, 2.45) is 0 Å². The van der Waals surface area contributed by atoms with Crippen molar-refractivity contribution < 1.29 is 14.3 Å². The number of carbonyl (C=O) groups is 1. The van der Waals surface area contributed by atoms with Crippen molar-refractivity contribution in [1.82, 2.24) is 4.57 Å². The van der Waals surface area contributed by atoms with Crippen molar-refractivity contribution in [2.45, 2.75) is 39.3 Å². The molecule has 1 aliphatic rings. The molecule has 1 aromatic heterocycles. The van der Waals surface area contributed by atoms with Crippen LogP contribution in [0.1, 0.15) is 34.3 Å². The van der Waals surface area contributed by atoms with Gasteiger partial charge in [0.15, 0.2) is 0 Å². The number of aryl methyl sites for hydroxylation is 2. The number of ether oxygens (including phenoxy) is 2. The minimum atomic E-state index is -0.473. The Hall–Kier alpha value is -2.31. The summed E-state index contributed by atoms with van der Waals surface area (Å²) in [6.07, 6.45) is 3.64. The lowest BCUT2D eigenvalue weighted by Gasteiger charge is -2.15. The lowest BCUT2D eigenvalue weighted by molar-refractivity contribution is 0.0952. The number of hydrogen-bond acceptors (Lipinski definition) is 4. The summed E-state index contributed by atoms with van der Waals surface area (Å²) in [5.41, 5.74) is 1.68. The van der Waals surface area contributed by atoms with Gasteiger partial charge in [0.1, 0.15) is 11.3 Å². The predicted molar refractivity (Wildman–Crippen MR) is 105 cm³/mol. The molecule has 6 nitrogen and oxygen atoms in total. The lowest BCUT2D eigenvalue weighted by atomic mass is 10.1. The largest absolute Gasteiger partial charge is 0.495 e. The summed E-state index contributed by atoms with van der Waals surface area (Å²) >= 11 is 6.11. The Morgan fingerprint density at radius 2 is 2.15 bits per heavy atom. The molecule has 2 heterocycles. The van der Waals surface area contributed by atoms with Crippen LogP contribution in [-0.4, -0.2) is 30.3 Å². The first kappa shape index (κ1) is 19.5. The Morgan fingerprint density at radius 1 is 1.37 bits per heavy atom. The van der Waals surface area contributed by atoms with E-state index in [4.69, 9.17) is 21.1 Å². The number of nitrogens with one attached hydrogen (secondary N) is 1. The highest BCUT2D eigenvalue weighted by Gasteiger charge is 2.21. The number of carbonyl (C=O) groups excluding carboxylic acids is 1. The van der Waals surface area contributed by atoms with Crippen LogP contribution in [0.5, 0.6) is 5.75 Å². The highest BCUT2D eigenvalue weighted by Crippen LogP contribution is 2.31. The molecular weight excluding hydrogens is 368 g/mol. The van der Waals surface area contributed by atoms with Crippen molar-refractivity contribution in [3.8, 4) is 5.75 Å². The van der Waals surface area contributed by atoms with E-state index in [1.807, 2.05) is 6.92 Å². The molecule has 1 amide bonds. The van der Waals surface area contributed by atoms with Gasteiger partial charge in [-0.3, -0.25) is 9.59 Å². The van der Waals surface area contributed by atoms with E-state index in [-0.39, 0.29) is 17.2 Å². The van der Waals surface area contributed by atoms with E-state index in [9.17, 15) is 9.59 Å². The van der Waals surface area contributed by atoms with Crippen molar-refractivity contribution >= 4 is 23.2 Å². The van der Waals surface area contributed by atoms with Crippen LogP contribution in [0.15, 0.2) is 29.2 Å². The first-order chi connectivity index (χ1) is 12.9. The van der Waals surface area contributed by atoms with Gasteiger partial charge in [0.05, 0.1) is 25.4 Å². The molecule has 0 bridgehead atoms. The van der Waals surface area contributed by atoms with Gasteiger partial charge in [-0.05, 0) is 49.9 Å². The first-order valence-electron chi connectivity index (χ1n) is 8.88. The minimum absolute atomic E-state index is 0.0142. The fourth-order valence-corrected chi connectivity index (χ4v) is 3.36. The maximum absolute atomic E-state index is 12.9. The molecule has 1 aromatic carbocycles. The van der Waals surface area contributed by atoms with Gasteiger partial charge in [-0.1, -0.05) is 11.6 Å². The first-order valence-corrected chi connectivity index (χ1v) is 9.25. The zero-order valence-corrected chi connectivity index (χ0v) is 16.4. The number of benzene rings is 1. The van der Waals surface area contributed by atoms with Gasteiger partial charge >= 0.3 is 0 Å². The van der Waals surface area contributed by atoms with E-state index < -0.39 is 5.91 Å². The summed E-state index contributed by atoms with van der Waals surface area (Å²) in [4.78, 5) is 25.7. The van der Waals surface area contributed by atoms with Crippen LogP contribution in [0.4, 0.5) is 5.69 Å². The quantitative estimate of drug-likeness (QED) is 0.847. The SMILES string of the molecule is COc1cc(Cl)c(C)cc1NC(=O)c1c(C)ccn(CC2CCCO2)c1=O. The second-order valence-corrected chi connectivity index (χ2v) is 7.13. The van der Waals surface area contributed by atoms with Crippen LogP contribution in [0, 0.1) is 13.8 Å². The zero-order chi connectivity index (χ0) is 19.6. The van der Waals surface area contributed by atoms with Crippen LogP contribution in [0.25, 0.3) is 0 Å². The average Bonchev–Trinajstić information content (AvgIpc) is 3.13. The molecule has 2 aromatic rings. The second kappa shape index (κ2) is 8.15. The smallest absolute Gasteiger partial charge is 0.263 e. The molecule has 1 N–H and O–H groups in total. The number of pyridine rings is 1. The third-order valence-electron chi connectivity index (χ3n) is 4.75. The molecule has 0 radical (unpaired) electrons. The third-order valence-corrected chi connectivity index (χ3v) is 5.16. The molecule has 1 fully saturated rings. The van der Waals surface area contributed by atoms with Gasteiger partial charge in [-0.25, -0.2) is 0 Å². The molecule has 0 spiro atoms. The standard InChI is InChI=1S/C20H23ClN2O4/c1-12-6-7-23(11-14-5-4-8-27-14)20(25)18(12)19(24)22-16-9-13(2)15(21)10-17(16)26-3/h6-7,9-10,14H,4-5,8,11H2,1-3H3,(H,22,24). The maximum Gasteiger partial charge on any atom is 0.263 e. The molecule has 1 atom stereocenters. The monoisotopic (exact) mass is 390 g/mol. The second-order valence-electron chi connectivity index (χ2n) is 6.72. The number of halogens is 1. The van der Waals surface area contributed by atoms with Crippen LogP contribution in [0.2, 0.25) is 5.02 Å². The number of hydrogen-bond donors (Lipinski definition) is 1. The number of anilines is 1. The van der Waals surface area contributed by atoms with Crippen LogP contribution < -0.4 is 15.6 Å². The zero-order valence-electron chi connectivity index (χ0n) is 15.7. The predicted octanol–water partition coefficient (Wildman–Crippen LogP) is 3.56. The molecule has 1 saturated heterocycles. The van der Waals surface area contributed by atoms with Crippen molar-refractivity contribution in [1.29, 1.82) is 0 Å². The van der Waals surface area contributed by atoms with E-state index in [0.717, 1.165) is 18.4 Å². The van der Waals surface area contributed by atoms with Gasteiger partial charge in [0.2, 0.25) is 0 Å². The molecule has 144 valence electrons. The van der Waals surface area contributed by atoms with Gasteiger partial charge in [0, 0.05) is 23.9 Å². The van der Waals surface area contributed by atoms with Crippen molar-refractivity contribution in [2.75, 3.05) is 19.0 Å². The number of methoxy groups -OCH3 is 1. The fraction of sp³-hybridized carbons (Fsp3) is 0.400. The molecule has 1 aliphatic heterocycles. The van der Waals surface area contributed by atoms with Crippen LogP contribution in [-0.2, 0) is 11.3 Å². The number of nitrogens with zero attached hydrogens (tertiary/aromatic N) is 1. The van der Waals surface area contributed by atoms with Crippen LogP contribution >= 0.6 is 11.6 Å². The van der Waals surface area contributed by atoms with Crippen molar-refractivity contribution in [3.05, 3.63) is 56.5 Å². The molecule has 7 heteroatoms. The molecule has 0 saturated carbocycles. The van der Waals surface area contributed by atoms with Crippen LogP contribution in [0.3, 0.4) is 0 Å². The Balaban J connectivity index is 1.90. The highest BCUT2D eigenvalue weighted by molar-refractivity contribution is 6.31. The lowest BCUT2D eigenvalue weighted by Crippen LogP contribution is -2.33. The third kappa shape index (κ3) is 4.17. The van der Waals surface area contributed by atoms with E-state index >= 15 is 0 Å². The summed E-state index contributed by atoms with van der Waals surface area (Å²) in [6, 6.07) is 5.14. The molecule has 0 aliphatic carbocycles. The topological polar surface area (TPSA) is 69.6 Å². The summed E-state index contributed by atoms with van der Waals surface area (Å²) in [7, 11) is 1.50. The van der Waals surface area contributed by atoms with Gasteiger partial charge in [-0.2, -0.15) is 0 Å². The number of amides is 1. The van der Waals surface area contributed by atoms with Crippen molar-refractivity contribution in [3.63, 3.8) is 0 Å². The minimum Gasteiger partial charge on any atom is -0.495 e. The molecule has 27 heavy (non-hydrogen) atoms. The normalized spacial score (nSPS) is 16.4. The Kier molecular flexibility index (Phi) is 5.87. The fourth-order valence-electron chi connectivity index (χ4n) is 3.21. The Labute approximate surface area is 163 Å². The summed E-state index contributed by atoms with van der Waals surface area (Å²) in [5, 5.41) is 3.32. The molecule has 1 unspecified atom stereocenters. The Bertz CT molecular complexity index is 917. The highest BCUT2D eigenvalue weighted by atomic mass is 35.5. The van der Waals surface area contributed by atoms with Gasteiger partial charge in [-0.15, -0.1) is 0 Å². The summed E-state index contributed by atoms with van der Waals surface area (Å²) in [6.45, 7) is 4.74. The van der Waals surface area contributed by atoms with E-state index in [2.05, 4.69) is 5.32 Å². The van der Waals surface area contributed by atoms with E-state index in [0.29, 0.717) is 35.2 Å². The number of rotatable bonds is 5. The average molecular weight is 391 g/mol. The molecular formula is C20H23ClN2O4. The van der Waals surface area contributed by atoms with E-state index in [1.165, 1.54) is 7.11 Å². The molecule has 3 rings (SSSR count). The van der Waals surface area contributed by atoms with Gasteiger partial charge in [0.25, 0.3) is 11.5 Å². The maximum atomic E-state index is 12.9. The van der Waals surface area contributed by atoms with Gasteiger partial charge < -0.3 is 19.4 Å².